The first-order chi connectivity index (χ1) is 22.3. The molecule has 1 fully saturated rings. The van der Waals surface area contributed by atoms with Gasteiger partial charge in [-0.05, 0) is 38.5 Å². The van der Waals surface area contributed by atoms with Gasteiger partial charge in [-0.2, -0.15) is 0 Å². The largest absolute Gasteiger partial charge is 0.462 e. The number of hydrogen-bond donors (Lipinski definition) is 4. The van der Waals surface area contributed by atoms with Crippen molar-refractivity contribution in [3.63, 3.8) is 0 Å². The fraction of sp³-hybridized carbons (Fsp3) is 0.889. The van der Waals surface area contributed by atoms with Gasteiger partial charge >= 0.3 is 11.9 Å². The zero-order valence-corrected chi connectivity index (χ0v) is 28.8. The van der Waals surface area contributed by atoms with Crippen LogP contribution in [-0.4, -0.2) is 89.0 Å². The third kappa shape index (κ3) is 20.6. The van der Waals surface area contributed by atoms with Crippen LogP contribution in [-0.2, 0) is 28.5 Å². The van der Waals surface area contributed by atoms with E-state index in [1.807, 2.05) is 6.92 Å². The molecule has 6 unspecified atom stereocenters. The number of carbonyl (C=O) groups is 2. The van der Waals surface area contributed by atoms with E-state index in [-0.39, 0.29) is 26.1 Å². The fourth-order valence-corrected chi connectivity index (χ4v) is 5.39. The fourth-order valence-electron chi connectivity index (χ4n) is 5.39. The average molecular weight is 659 g/mol. The van der Waals surface area contributed by atoms with Crippen molar-refractivity contribution in [2.24, 2.45) is 0 Å². The lowest BCUT2D eigenvalue weighted by Gasteiger charge is -2.39. The van der Waals surface area contributed by atoms with Crippen molar-refractivity contribution in [3.8, 4) is 0 Å². The number of ether oxygens (including phenoxy) is 4. The van der Waals surface area contributed by atoms with Crippen LogP contribution in [0.5, 0.6) is 0 Å². The highest BCUT2D eigenvalue weighted by Crippen LogP contribution is 2.22. The number of unbranched alkanes of at least 4 members (excludes halogenated alkanes) is 16. The molecule has 0 aromatic heterocycles. The summed E-state index contributed by atoms with van der Waals surface area (Å²) in [5, 5.41) is 39.6. The summed E-state index contributed by atoms with van der Waals surface area (Å²) in [6.45, 7) is 3.14. The highest BCUT2D eigenvalue weighted by atomic mass is 16.7. The van der Waals surface area contributed by atoms with Crippen molar-refractivity contribution >= 4 is 11.9 Å². The number of esters is 2. The van der Waals surface area contributed by atoms with Crippen molar-refractivity contribution in [1.29, 1.82) is 0 Å². The van der Waals surface area contributed by atoms with E-state index in [4.69, 9.17) is 18.9 Å². The van der Waals surface area contributed by atoms with Crippen molar-refractivity contribution in [2.75, 3.05) is 19.8 Å². The number of rotatable bonds is 29. The zero-order valence-electron chi connectivity index (χ0n) is 28.8. The Hall–Kier alpha value is -1.56. The molecule has 1 heterocycles. The molecule has 0 bridgehead atoms. The first kappa shape index (κ1) is 42.5. The molecule has 0 aromatic rings. The van der Waals surface area contributed by atoms with Crippen LogP contribution in [0.25, 0.3) is 0 Å². The van der Waals surface area contributed by atoms with Crippen molar-refractivity contribution in [1.82, 2.24) is 0 Å². The van der Waals surface area contributed by atoms with Crippen molar-refractivity contribution in [3.05, 3.63) is 12.2 Å². The number of aliphatic hydroxyl groups is 4. The Balaban J connectivity index is 2.21. The quantitative estimate of drug-likeness (QED) is 0.0425. The van der Waals surface area contributed by atoms with Gasteiger partial charge < -0.3 is 39.4 Å². The molecule has 0 spiro atoms. The minimum absolute atomic E-state index is 0.221. The Morgan fingerprint density at radius 2 is 1.17 bits per heavy atom. The van der Waals surface area contributed by atoms with Gasteiger partial charge in [0.15, 0.2) is 12.4 Å². The van der Waals surface area contributed by atoms with Gasteiger partial charge in [0, 0.05) is 12.8 Å². The Labute approximate surface area is 278 Å². The van der Waals surface area contributed by atoms with Crippen LogP contribution >= 0.6 is 0 Å². The van der Waals surface area contributed by atoms with Crippen molar-refractivity contribution < 1.29 is 49.0 Å². The molecule has 0 aliphatic carbocycles. The molecule has 270 valence electrons. The maximum absolute atomic E-state index is 12.6. The van der Waals surface area contributed by atoms with E-state index in [1.165, 1.54) is 83.5 Å². The van der Waals surface area contributed by atoms with Crippen LogP contribution in [0.15, 0.2) is 12.2 Å². The highest BCUT2D eigenvalue weighted by molar-refractivity contribution is 5.70. The molecule has 0 aromatic carbocycles. The van der Waals surface area contributed by atoms with Gasteiger partial charge in [-0.25, -0.2) is 0 Å². The standard InChI is InChI=1S/C36H66O10/c1-3-5-7-8-9-10-11-12-13-14-15-16-17-18-19-20-21-22-23-25-32(39)45-29(27-43-31(38)24-6-4-2)28-44-36-35(42)34(41)33(40)30(26-37)46-36/h12-13,29-30,33-37,40-42H,3-11,14-28H2,1-2H3/b13-12-. The monoisotopic (exact) mass is 658 g/mol. The molecule has 10 nitrogen and oxygen atoms in total. The number of allylic oxidation sites excluding steroid dienone is 2. The van der Waals surface area contributed by atoms with Crippen LogP contribution in [0.4, 0.5) is 0 Å². The lowest BCUT2D eigenvalue weighted by molar-refractivity contribution is -0.305. The summed E-state index contributed by atoms with van der Waals surface area (Å²) in [7, 11) is 0. The van der Waals surface area contributed by atoms with Gasteiger partial charge in [-0.3, -0.25) is 9.59 Å². The summed E-state index contributed by atoms with van der Waals surface area (Å²) in [6.07, 6.45) is 19.2. The molecule has 1 saturated heterocycles. The van der Waals surface area contributed by atoms with Crippen LogP contribution in [0, 0.1) is 0 Å². The molecule has 1 aliphatic rings. The van der Waals surface area contributed by atoms with E-state index >= 15 is 0 Å². The summed E-state index contributed by atoms with van der Waals surface area (Å²) in [6, 6.07) is 0. The van der Waals surface area contributed by atoms with Gasteiger partial charge in [0.25, 0.3) is 0 Å². The van der Waals surface area contributed by atoms with Gasteiger partial charge in [-0.15, -0.1) is 0 Å². The summed E-state index contributed by atoms with van der Waals surface area (Å²) >= 11 is 0. The molecular formula is C36H66O10. The van der Waals surface area contributed by atoms with E-state index < -0.39 is 55.4 Å². The van der Waals surface area contributed by atoms with Crippen LogP contribution in [0.3, 0.4) is 0 Å². The molecule has 0 radical (unpaired) electrons. The highest BCUT2D eigenvalue weighted by Gasteiger charge is 2.44. The maximum atomic E-state index is 12.6. The summed E-state index contributed by atoms with van der Waals surface area (Å²) in [4.78, 5) is 24.6. The maximum Gasteiger partial charge on any atom is 0.306 e. The third-order valence-corrected chi connectivity index (χ3v) is 8.40. The normalized spacial score (nSPS) is 22.3. The molecule has 10 heteroatoms. The summed E-state index contributed by atoms with van der Waals surface area (Å²) in [5.41, 5.74) is 0. The second-order valence-electron chi connectivity index (χ2n) is 12.7. The Morgan fingerprint density at radius 3 is 1.74 bits per heavy atom. The molecule has 1 aliphatic heterocycles. The number of carbonyl (C=O) groups excluding carboxylic acids is 2. The molecule has 0 saturated carbocycles. The van der Waals surface area contributed by atoms with Crippen LogP contribution in [0.2, 0.25) is 0 Å². The van der Waals surface area contributed by atoms with Gasteiger partial charge in [0.1, 0.15) is 31.0 Å². The second-order valence-corrected chi connectivity index (χ2v) is 12.7. The first-order valence-corrected chi connectivity index (χ1v) is 18.3. The van der Waals surface area contributed by atoms with E-state index in [0.717, 1.165) is 25.7 Å². The number of aliphatic hydroxyl groups excluding tert-OH is 4. The third-order valence-electron chi connectivity index (χ3n) is 8.40. The number of hydrogen-bond acceptors (Lipinski definition) is 10. The Bertz CT molecular complexity index is 774. The van der Waals surface area contributed by atoms with Crippen molar-refractivity contribution in [2.45, 2.75) is 185 Å². The minimum Gasteiger partial charge on any atom is -0.462 e. The van der Waals surface area contributed by atoms with E-state index in [0.29, 0.717) is 12.8 Å². The SMILES string of the molecule is CCCCCCCC/C=C\CCCCCCCCCCCC(=O)OC(COC(=O)CCCC)COC1OC(CO)C(O)C(O)C1O. The molecule has 0 amide bonds. The summed E-state index contributed by atoms with van der Waals surface area (Å²) < 4.78 is 21.7. The van der Waals surface area contributed by atoms with E-state index in [2.05, 4.69) is 19.1 Å². The second kappa shape index (κ2) is 28.5. The minimum atomic E-state index is -1.59. The van der Waals surface area contributed by atoms with E-state index in [1.54, 1.807) is 0 Å². The van der Waals surface area contributed by atoms with Gasteiger partial charge in [0.05, 0.1) is 13.2 Å². The summed E-state index contributed by atoms with van der Waals surface area (Å²) in [5.74, 6) is -0.848. The molecule has 1 rings (SSSR count). The van der Waals surface area contributed by atoms with Crippen LogP contribution in [0.1, 0.15) is 149 Å². The van der Waals surface area contributed by atoms with E-state index in [9.17, 15) is 30.0 Å². The van der Waals surface area contributed by atoms with Gasteiger partial charge in [0.2, 0.25) is 0 Å². The zero-order chi connectivity index (χ0) is 33.8. The molecule has 46 heavy (non-hydrogen) atoms. The molecular weight excluding hydrogens is 592 g/mol. The lowest BCUT2D eigenvalue weighted by atomic mass is 9.99. The predicted molar refractivity (Wildman–Crippen MR) is 178 cm³/mol. The van der Waals surface area contributed by atoms with Crippen LogP contribution < -0.4 is 0 Å². The first-order valence-electron chi connectivity index (χ1n) is 18.3. The average Bonchev–Trinajstić information content (AvgIpc) is 3.05. The smallest absolute Gasteiger partial charge is 0.306 e. The lowest BCUT2D eigenvalue weighted by Crippen LogP contribution is -2.59. The topological polar surface area (TPSA) is 152 Å². The predicted octanol–water partition coefficient (Wildman–Crippen LogP) is 6.05. The molecule has 6 atom stereocenters. The van der Waals surface area contributed by atoms with Gasteiger partial charge in [-0.1, -0.05) is 109 Å². The molecule has 4 N–H and O–H groups in total. The Kier molecular flexibility index (Phi) is 26.3. The Morgan fingerprint density at radius 1 is 0.652 bits per heavy atom.